The molecule has 4 aliphatic rings. The van der Waals surface area contributed by atoms with Crippen molar-refractivity contribution in [3.63, 3.8) is 0 Å². The zero-order valence-corrected chi connectivity index (χ0v) is 47.7. The van der Waals surface area contributed by atoms with Crippen molar-refractivity contribution in [1.29, 1.82) is 0 Å². The summed E-state index contributed by atoms with van der Waals surface area (Å²) >= 11 is 0. The Labute approximate surface area is 468 Å². The monoisotopic (exact) mass is 1080 g/mol. The number of amides is 6. The molecule has 7 atom stereocenters. The molecule has 4 aromatic rings. The fourth-order valence-electron chi connectivity index (χ4n) is 12.7. The maximum Gasteiger partial charge on any atom is 0.253 e. The van der Waals surface area contributed by atoms with E-state index in [0.717, 1.165) is 86.1 Å². The van der Waals surface area contributed by atoms with Crippen LogP contribution in [0.3, 0.4) is 0 Å². The van der Waals surface area contributed by atoms with E-state index in [4.69, 9.17) is 9.47 Å². The number of carbonyl (C=O) groups is 6. The van der Waals surface area contributed by atoms with Gasteiger partial charge in [0.05, 0.1) is 30.3 Å². The van der Waals surface area contributed by atoms with Gasteiger partial charge in [-0.05, 0) is 123 Å². The average molecular weight is 1080 g/mol. The molecule has 4 aromatic carbocycles. The molecule has 3 N–H and O–H groups in total. The van der Waals surface area contributed by atoms with Crippen LogP contribution in [0.25, 0.3) is 10.8 Å². The minimum absolute atomic E-state index is 0.0179. The largest absolute Gasteiger partial charge is 0.379 e. The number of carbonyl (C=O) groups excluding carboxylic acids is 6. The van der Waals surface area contributed by atoms with Gasteiger partial charge in [-0.1, -0.05) is 125 Å². The molecule has 0 unspecified atom stereocenters. The molecule has 2 aliphatic carbocycles. The highest BCUT2D eigenvalue weighted by Crippen LogP contribution is 2.33. The second-order valence-corrected chi connectivity index (χ2v) is 23.0. The molecular weight excluding hydrogens is 995 g/mol. The smallest absolute Gasteiger partial charge is 0.253 e. The number of hydrogen-bond donors (Lipinski definition) is 3. The van der Waals surface area contributed by atoms with E-state index in [-0.39, 0.29) is 78.5 Å². The molecule has 2 aliphatic heterocycles. The molecule has 79 heavy (non-hydrogen) atoms. The molecule has 2 saturated carbocycles. The summed E-state index contributed by atoms with van der Waals surface area (Å²) in [5, 5.41) is 10.9. The Balaban J connectivity index is 1.05. The van der Waals surface area contributed by atoms with Crippen LogP contribution in [-0.2, 0) is 41.5 Å². The van der Waals surface area contributed by atoms with Crippen LogP contribution in [-0.4, -0.2) is 158 Å². The van der Waals surface area contributed by atoms with E-state index in [1.807, 2.05) is 106 Å². The summed E-state index contributed by atoms with van der Waals surface area (Å²) in [5.41, 5.74) is 3.13. The number of likely N-dealkylation sites (tertiary alicyclic amines) is 2. The molecule has 0 bridgehead atoms. The highest BCUT2D eigenvalue weighted by atomic mass is 16.5. The Morgan fingerprint density at radius 3 is 1.33 bits per heavy atom. The standard InChI is InChI=1S/C64H87N7O8/c1-43(2)59(72)66-57(47-23-15-9-16-24-47)63(76)70-37-33-55(78-5)53(70)41-68(35-31-45-19-11-7-12-20-45)61(74)51-29-27-50-40-52(30-28-49(50)39-51)62(75)69(36-32-46-21-13-8-14-22-46)42-54-56(79-6)34-38-71(54)64(77)58(48-25-17-10-18-26-48)67-60(73)44(3)65-4/h7-8,11-14,19-22,27-30,39-40,43-44,47-48,53-58,65H,9-10,15-18,23-26,31-38,41-42H2,1-6H3,(H,66,72)(H,67,73)/t44-,53+,54+,55-,56-,57-,58-/m0/s1. The van der Waals surface area contributed by atoms with Crippen LogP contribution >= 0.6 is 0 Å². The molecule has 2 heterocycles. The number of likely N-dealkylation sites (N-methyl/N-ethyl adjacent to an activating group) is 1. The number of nitrogens with zero attached hydrogens (tertiary/aromatic N) is 4. The summed E-state index contributed by atoms with van der Waals surface area (Å²) in [4.78, 5) is 93.9. The fraction of sp³-hybridized carbons (Fsp3) is 0.562. The van der Waals surface area contributed by atoms with E-state index in [2.05, 4.69) is 40.2 Å². The van der Waals surface area contributed by atoms with Crippen molar-refractivity contribution in [2.24, 2.45) is 17.8 Å². The van der Waals surface area contributed by atoms with E-state index in [1.165, 1.54) is 0 Å². The van der Waals surface area contributed by atoms with Crippen molar-refractivity contribution >= 4 is 46.2 Å². The molecule has 4 fully saturated rings. The Morgan fingerprint density at radius 1 is 0.544 bits per heavy atom. The van der Waals surface area contributed by atoms with Crippen molar-refractivity contribution in [2.45, 2.75) is 153 Å². The maximum atomic E-state index is 15.1. The van der Waals surface area contributed by atoms with E-state index >= 15 is 9.59 Å². The minimum atomic E-state index is -0.680. The SMILES string of the molecule is CN[C@@H](C)C(=O)N[C@H](C(=O)N1CC[C@H](OC)[C@H]1CN(CCc1ccccc1)C(=O)c1ccc2cc(C(=O)N(CCc3ccccc3)C[C@@H]3[C@@H](OC)CCN3C(=O)[C@@H](NC(=O)C(C)C)C3CCCCC3)ccc2c1)C1CCCCC1. The molecule has 0 spiro atoms. The van der Waals surface area contributed by atoms with Crippen molar-refractivity contribution in [3.05, 3.63) is 119 Å². The Kier molecular flexibility index (Phi) is 21.1. The first kappa shape index (κ1) is 59.0. The fourth-order valence-corrected chi connectivity index (χ4v) is 12.7. The van der Waals surface area contributed by atoms with Gasteiger partial charge in [0.25, 0.3) is 11.8 Å². The lowest BCUT2D eigenvalue weighted by Crippen LogP contribution is -2.58. The number of methoxy groups -OCH3 is 2. The molecule has 15 nitrogen and oxygen atoms in total. The number of benzene rings is 4. The first-order valence-electron chi connectivity index (χ1n) is 29.4. The summed E-state index contributed by atoms with van der Waals surface area (Å²) < 4.78 is 12.1. The molecular formula is C64H87N7O8. The molecule has 0 radical (unpaired) electrons. The zero-order chi connectivity index (χ0) is 56.0. The van der Waals surface area contributed by atoms with Crippen molar-refractivity contribution in [3.8, 4) is 0 Å². The highest BCUT2D eigenvalue weighted by Gasteiger charge is 2.46. The second-order valence-electron chi connectivity index (χ2n) is 23.0. The third kappa shape index (κ3) is 14.8. The minimum Gasteiger partial charge on any atom is -0.379 e. The zero-order valence-electron chi connectivity index (χ0n) is 47.7. The van der Waals surface area contributed by atoms with Crippen LogP contribution in [0.1, 0.15) is 130 Å². The van der Waals surface area contributed by atoms with Gasteiger partial charge in [-0.2, -0.15) is 0 Å². The Morgan fingerprint density at radius 2 is 0.949 bits per heavy atom. The van der Waals surface area contributed by atoms with Gasteiger partial charge >= 0.3 is 0 Å². The summed E-state index contributed by atoms with van der Waals surface area (Å²) in [5.74, 6) is -1.15. The quantitative estimate of drug-likeness (QED) is 0.0670. The maximum absolute atomic E-state index is 15.1. The molecule has 6 amide bonds. The number of ether oxygens (including phenoxy) is 2. The molecule has 2 saturated heterocycles. The lowest BCUT2D eigenvalue weighted by atomic mass is 9.83. The lowest BCUT2D eigenvalue weighted by molar-refractivity contribution is -0.141. The molecule has 8 rings (SSSR count). The Bertz CT molecular complexity index is 2680. The lowest BCUT2D eigenvalue weighted by Gasteiger charge is -2.38. The van der Waals surface area contributed by atoms with Gasteiger partial charge in [0.1, 0.15) is 12.1 Å². The van der Waals surface area contributed by atoms with E-state index < -0.39 is 30.2 Å². The van der Waals surface area contributed by atoms with Crippen LogP contribution in [0.5, 0.6) is 0 Å². The molecule has 15 heteroatoms. The summed E-state index contributed by atoms with van der Waals surface area (Å²) in [6.07, 6.45) is 11.6. The topological polar surface area (TPSA) is 170 Å². The summed E-state index contributed by atoms with van der Waals surface area (Å²) in [7, 11) is 5.06. The van der Waals surface area contributed by atoms with Crippen LogP contribution in [0.15, 0.2) is 97.1 Å². The van der Waals surface area contributed by atoms with Gasteiger partial charge in [-0.15, -0.1) is 0 Å². The van der Waals surface area contributed by atoms with E-state index in [0.29, 0.717) is 63.0 Å². The van der Waals surface area contributed by atoms with E-state index in [1.54, 1.807) is 28.2 Å². The first-order chi connectivity index (χ1) is 38.3. The van der Waals surface area contributed by atoms with Crippen molar-refractivity contribution < 1.29 is 38.2 Å². The van der Waals surface area contributed by atoms with Gasteiger partial charge in [0.15, 0.2) is 0 Å². The molecule has 426 valence electrons. The van der Waals surface area contributed by atoms with Crippen LogP contribution in [0.2, 0.25) is 0 Å². The van der Waals surface area contributed by atoms with Crippen molar-refractivity contribution in [1.82, 2.24) is 35.6 Å². The number of fused-ring (bicyclic) bond motifs is 1. The number of hydrogen-bond acceptors (Lipinski definition) is 9. The molecule has 0 aromatic heterocycles. The highest BCUT2D eigenvalue weighted by molar-refractivity contribution is 6.02. The van der Waals surface area contributed by atoms with Gasteiger partial charge < -0.3 is 45.0 Å². The van der Waals surface area contributed by atoms with Crippen LogP contribution < -0.4 is 16.0 Å². The van der Waals surface area contributed by atoms with Crippen LogP contribution in [0.4, 0.5) is 0 Å². The summed E-state index contributed by atoms with van der Waals surface area (Å²) in [6.45, 7) is 7.68. The third-order valence-electron chi connectivity index (χ3n) is 17.6. The average Bonchev–Trinajstić information content (AvgIpc) is 4.11. The second kappa shape index (κ2) is 28.3. The van der Waals surface area contributed by atoms with Gasteiger partial charge in [0.2, 0.25) is 23.6 Å². The summed E-state index contributed by atoms with van der Waals surface area (Å²) in [6, 6.07) is 28.6. The van der Waals surface area contributed by atoms with Gasteiger partial charge in [0, 0.05) is 70.5 Å². The third-order valence-corrected chi connectivity index (χ3v) is 17.6. The predicted octanol–water partition coefficient (Wildman–Crippen LogP) is 7.84. The van der Waals surface area contributed by atoms with Gasteiger partial charge in [-0.3, -0.25) is 28.8 Å². The number of rotatable bonds is 23. The first-order valence-corrected chi connectivity index (χ1v) is 29.4. The normalized spacial score (nSPS) is 21.2. The van der Waals surface area contributed by atoms with Gasteiger partial charge in [-0.25, -0.2) is 0 Å². The van der Waals surface area contributed by atoms with Crippen molar-refractivity contribution in [2.75, 3.05) is 60.5 Å². The van der Waals surface area contributed by atoms with Crippen LogP contribution in [0, 0.1) is 17.8 Å². The Hall–Kier alpha value is -6.16. The van der Waals surface area contributed by atoms with E-state index in [9.17, 15) is 19.2 Å². The number of nitrogens with one attached hydrogen (secondary N) is 3. The predicted molar refractivity (Wildman–Crippen MR) is 308 cm³/mol.